The van der Waals surface area contributed by atoms with Crippen LogP contribution in [-0.4, -0.2) is 37.0 Å². The Morgan fingerprint density at radius 3 is 2.23 bits per heavy atom. The quantitative estimate of drug-likeness (QED) is 0.344. The van der Waals surface area contributed by atoms with E-state index in [2.05, 4.69) is 0 Å². The molecule has 11 heteroatoms. The summed E-state index contributed by atoms with van der Waals surface area (Å²) in [5, 5.41) is 13.4. The number of anilines is 1. The van der Waals surface area contributed by atoms with Gasteiger partial charge in [0.15, 0.2) is 11.5 Å². The van der Waals surface area contributed by atoms with Crippen LogP contribution in [0.5, 0.6) is 11.5 Å². The molecule has 0 atom stereocenters. The number of benzene rings is 2. The van der Waals surface area contributed by atoms with Gasteiger partial charge >= 0.3 is 6.03 Å². The second kappa shape index (κ2) is 7.99. The lowest BCUT2D eigenvalue weighted by Crippen LogP contribution is -2.54. The van der Waals surface area contributed by atoms with Gasteiger partial charge in [0.2, 0.25) is 0 Å². The maximum Gasteiger partial charge on any atom is 0.335 e. The molecule has 154 valence electrons. The van der Waals surface area contributed by atoms with Crippen molar-refractivity contribution >= 4 is 35.3 Å². The van der Waals surface area contributed by atoms with Crippen LogP contribution in [0.3, 0.4) is 0 Å². The molecule has 2 aromatic carbocycles. The van der Waals surface area contributed by atoms with Crippen LogP contribution in [0, 0.1) is 15.9 Å². The molecular weight excluding hydrogens is 401 g/mol. The fraction of sp³-hybridized carbons (Fsp3) is 0.105. The van der Waals surface area contributed by atoms with Gasteiger partial charge in [0.25, 0.3) is 17.5 Å². The summed E-state index contributed by atoms with van der Waals surface area (Å²) in [6.45, 7) is 0. The number of imide groups is 2. The number of rotatable bonds is 5. The first-order chi connectivity index (χ1) is 14.3. The SMILES string of the molecule is COc1cc(/C=C2\C(=O)NC(=O)N(c3ccc(F)cc3)C2=O)c([N+](=O)[O-])cc1OC. The maximum absolute atomic E-state index is 13.2. The fourth-order valence-corrected chi connectivity index (χ4v) is 2.80. The molecule has 1 heterocycles. The maximum atomic E-state index is 13.2. The number of hydrogen-bond donors (Lipinski definition) is 1. The minimum absolute atomic E-state index is 0.0131. The molecule has 2 aromatic rings. The predicted octanol–water partition coefficient (Wildman–Crippen LogP) is 2.42. The van der Waals surface area contributed by atoms with Gasteiger partial charge in [-0.3, -0.25) is 25.0 Å². The van der Waals surface area contributed by atoms with E-state index in [-0.39, 0.29) is 22.7 Å². The van der Waals surface area contributed by atoms with Crippen molar-refractivity contribution in [1.82, 2.24) is 5.32 Å². The van der Waals surface area contributed by atoms with Crippen molar-refractivity contribution in [2.24, 2.45) is 0 Å². The van der Waals surface area contributed by atoms with Crippen LogP contribution in [0.1, 0.15) is 5.56 Å². The first-order valence-electron chi connectivity index (χ1n) is 8.34. The first-order valence-corrected chi connectivity index (χ1v) is 8.34. The molecule has 1 aliphatic rings. The summed E-state index contributed by atoms with van der Waals surface area (Å²) < 4.78 is 23.3. The summed E-state index contributed by atoms with van der Waals surface area (Å²) in [5.74, 6) is -2.44. The second-order valence-corrected chi connectivity index (χ2v) is 5.96. The van der Waals surface area contributed by atoms with E-state index in [1.54, 1.807) is 0 Å². The Morgan fingerprint density at radius 1 is 1.07 bits per heavy atom. The summed E-state index contributed by atoms with van der Waals surface area (Å²) in [6, 6.07) is 5.71. The number of nitrogens with zero attached hydrogens (tertiary/aromatic N) is 2. The van der Waals surface area contributed by atoms with Crippen molar-refractivity contribution in [3.05, 3.63) is 63.5 Å². The van der Waals surface area contributed by atoms with E-state index >= 15 is 0 Å². The van der Waals surface area contributed by atoms with Gasteiger partial charge in [-0.2, -0.15) is 0 Å². The largest absolute Gasteiger partial charge is 0.493 e. The topological polar surface area (TPSA) is 128 Å². The first kappa shape index (κ1) is 20.5. The summed E-state index contributed by atoms with van der Waals surface area (Å²) in [4.78, 5) is 48.7. The monoisotopic (exact) mass is 415 g/mol. The van der Waals surface area contributed by atoms with Gasteiger partial charge in [-0.05, 0) is 36.4 Å². The Hall–Kier alpha value is -4.28. The van der Waals surface area contributed by atoms with Crippen molar-refractivity contribution < 1.29 is 33.2 Å². The zero-order valence-electron chi connectivity index (χ0n) is 15.7. The van der Waals surface area contributed by atoms with Crippen molar-refractivity contribution in [2.45, 2.75) is 0 Å². The van der Waals surface area contributed by atoms with E-state index in [0.717, 1.165) is 24.3 Å². The minimum Gasteiger partial charge on any atom is -0.493 e. The highest BCUT2D eigenvalue weighted by Gasteiger charge is 2.37. The van der Waals surface area contributed by atoms with Crippen LogP contribution in [0.25, 0.3) is 6.08 Å². The summed E-state index contributed by atoms with van der Waals surface area (Å²) in [6.07, 6.45) is 0.973. The number of halogens is 1. The van der Waals surface area contributed by atoms with Crippen LogP contribution >= 0.6 is 0 Å². The van der Waals surface area contributed by atoms with Gasteiger partial charge < -0.3 is 9.47 Å². The van der Waals surface area contributed by atoms with Gasteiger partial charge in [0.05, 0.1) is 36.5 Å². The van der Waals surface area contributed by atoms with Crippen LogP contribution in [0.2, 0.25) is 0 Å². The number of carbonyl (C=O) groups is 3. The van der Waals surface area contributed by atoms with Gasteiger partial charge in [-0.25, -0.2) is 14.1 Å². The molecule has 10 nitrogen and oxygen atoms in total. The van der Waals surface area contributed by atoms with Crippen molar-refractivity contribution in [3.8, 4) is 11.5 Å². The van der Waals surface area contributed by atoms with E-state index in [1.807, 2.05) is 5.32 Å². The normalized spacial score (nSPS) is 15.2. The number of methoxy groups -OCH3 is 2. The summed E-state index contributed by atoms with van der Waals surface area (Å²) in [5.41, 5.74) is -1.09. The molecule has 1 saturated heterocycles. The van der Waals surface area contributed by atoms with Gasteiger partial charge in [-0.15, -0.1) is 0 Å². The standard InChI is InChI=1S/C19H14FN3O7/c1-29-15-8-10(14(23(27)28)9-16(15)30-2)7-13-17(24)21-19(26)22(18(13)25)12-5-3-11(20)4-6-12/h3-9H,1-2H3,(H,21,24,26)/b13-7+. The Kier molecular flexibility index (Phi) is 5.45. The lowest BCUT2D eigenvalue weighted by atomic mass is 10.0. The van der Waals surface area contributed by atoms with Crippen LogP contribution in [0.15, 0.2) is 42.0 Å². The molecule has 30 heavy (non-hydrogen) atoms. The highest BCUT2D eigenvalue weighted by molar-refractivity contribution is 6.39. The third-order valence-corrected chi connectivity index (χ3v) is 4.22. The zero-order chi connectivity index (χ0) is 22.0. The highest BCUT2D eigenvalue weighted by Crippen LogP contribution is 2.36. The van der Waals surface area contributed by atoms with Crippen LogP contribution < -0.4 is 19.7 Å². The lowest BCUT2D eigenvalue weighted by molar-refractivity contribution is -0.385. The Balaban J connectivity index is 2.12. The molecule has 3 rings (SSSR count). The summed E-state index contributed by atoms with van der Waals surface area (Å²) >= 11 is 0. The van der Waals surface area contributed by atoms with Crippen molar-refractivity contribution in [3.63, 3.8) is 0 Å². The van der Waals surface area contributed by atoms with E-state index in [4.69, 9.17) is 9.47 Å². The molecule has 0 aromatic heterocycles. The van der Waals surface area contributed by atoms with E-state index in [0.29, 0.717) is 4.90 Å². The third-order valence-electron chi connectivity index (χ3n) is 4.22. The number of hydrogen-bond acceptors (Lipinski definition) is 7. The Morgan fingerprint density at radius 2 is 1.67 bits per heavy atom. The van der Waals surface area contributed by atoms with E-state index in [1.165, 1.54) is 32.4 Å². The molecule has 0 saturated carbocycles. The molecule has 1 N–H and O–H groups in total. The molecule has 0 aliphatic carbocycles. The van der Waals surface area contributed by atoms with Crippen LogP contribution in [0.4, 0.5) is 20.6 Å². The molecule has 0 unspecified atom stereocenters. The lowest BCUT2D eigenvalue weighted by Gasteiger charge is -2.26. The zero-order valence-corrected chi connectivity index (χ0v) is 15.7. The smallest absolute Gasteiger partial charge is 0.335 e. The van der Waals surface area contributed by atoms with Crippen molar-refractivity contribution in [2.75, 3.05) is 19.1 Å². The minimum atomic E-state index is -1.03. The molecular formula is C19H14FN3O7. The van der Waals surface area contributed by atoms with Gasteiger partial charge in [-0.1, -0.05) is 0 Å². The van der Waals surface area contributed by atoms with Gasteiger partial charge in [0.1, 0.15) is 11.4 Å². The van der Waals surface area contributed by atoms with Crippen LogP contribution in [-0.2, 0) is 9.59 Å². The van der Waals surface area contributed by atoms with E-state index < -0.39 is 39.8 Å². The highest BCUT2D eigenvalue weighted by atomic mass is 19.1. The fourth-order valence-electron chi connectivity index (χ4n) is 2.80. The van der Waals surface area contributed by atoms with Gasteiger partial charge in [0, 0.05) is 0 Å². The average molecular weight is 415 g/mol. The van der Waals surface area contributed by atoms with E-state index in [9.17, 15) is 28.9 Å². The number of carbonyl (C=O) groups excluding carboxylic acids is 3. The molecule has 1 aliphatic heterocycles. The number of barbiturate groups is 1. The number of ether oxygens (including phenoxy) is 2. The molecule has 1 fully saturated rings. The number of nitrogens with one attached hydrogen (secondary N) is 1. The summed E-state index contributed by atoms with van der Waals surface area (Å²) in [7, 11) is 2.61. The number of nitro benzene ring substituents is 1. The third kappa shape index (κ3) is 3.68. The number of nitro groups is 1. The molecule has 0 spiro atoms. The Bertz CT molecular complexity index is 1100. The average Bonchev–Trinajstić information content (AvgIpc) is 2.71. The second-order valence-electron chi connectivity index (χ2n) is 5.96. The molecule has 4 amide bonds. The van der Waals surface area contributed by atoms with Crippen molar-refractivity contribution in [1.29, 1.82) is 0 Å². The molecule has 0 bridgehead atoms. The Labute approximate surface area is 168 Å². The molecule has 0 radical (unpaired) electrons. The number of amides is 4. The predicted molar refractivity (Wildman–Crippen MR) is 102 cm³/mol. The number of urea groups is 1.